The van der Waals surface area contributed by atoms with E-state index in [0.717, 1.165) is 35.9 Å². The van der Waals surface area contributed by atoms with Gasteiger partial charge in [0.15, 0.2) is 11.5 Å². The minimum absolute atomic E-state index is 0.0303. The number of hydrogen-bond donors (Lipinski definition) is 3. The fourth-order valence-electron chi connectivity index (χ4n) is 6.13. The summed E-state index contributed by atoms with van der Waals surface area (Å²) < 4.78 is 47.4. The number of amides is 2. The molecule has 5 unspecified atom stereocenters. The van der Waals surface area contributed by atoms with Crippen LogP contribution in [0.1, 0.15) is 63.2 Å². The van der Waals surface area contributed by atoms with Gasteiger partial charge in [0.1, 0.15) is 12.1 Å². The zero-order chi connectivity index (χ0) is 26.6. The number of phenols is 2. The summed E-state index contributed by atoms with van der Waals surface area (Å²) in [6.07, 6.45) is -2.38. The van der Waals surface area contributed by atoms with Crippen LogP contribution < -0.4 is 5.32 Å². The molecule has 5 atom stereocenters. The summed E-state index contributed by atoms with van der Waals surface area (Å²) in [6, 6.07) is -1.32. The van der Waals surface area contributed by atoms with Crippen LogP contribution in [0.3, 0.4) is 0 Å². The number of aromatic hydroxyl groups is 2. The molecule has 2 saturated carbocycles. The average molecular weight is 513 g/mol. The molecule has 2 aliphatic carbocycles. The standard InChI is InChI=1S/C25H31F3N2O6/c1-23(2)14-8-9-24(23,3)18(12-14)36-22(35)15-5-4-10-30(15)21(34)19(25(26,27)28)29-20(33)13-6-7-16(31)17(32)11-13/h6-7,11,14-15,18-19,31-32H,4-5,8-10,12H2,1-3H3,(H,29,33). The molecule has 1 aliphatic heterocycles. The number of alkyl halides is 3. The van der Waals surface area contributed by atoms with Crippen LogP contribution in [-0.4, -0.2) is 63.8 Å². The zero-order valence-corrected chi connectivity index (χ0v) is 20.4. The van der Waals surface area contributed by atoms with Crippen LogP contribution in [0.2, 0.25) is 0 Å². The van der Waals surface area contributed by atoms with Crippen LogP contribution >= 0.6 is 0 Å². The van der Waals surface area contributed by atoms with Crippen LogP contribution in [-0.2, 0) is 14.3 Å². The van der Waals surface area contributed by atoms with Crippen molar-refractivity contribution in [3.8, 4) is 11.5 Å². The molecule has 0 aromatic heterocycles. The Bertz CT molecular complexity index is 1070. The van der Waals surface area contributed by atoms with Gasteiger partial charge in [0.25, 0.3) is 11.8 Å². The zero-order valence-electron chi connectivity index (χ0n) is 20.4. The molecule has 1 heterocycles. The highest BCUT2D eigenvalue weighted by atomic mass is 19.4. The summed E-state index contributed by atoms with van der Waals surface area (Å²) in [7, 11) is 0. The number of nitrogens with zero attached hydrogens (tertiary/aromatic N) is 1. The third-order valence-electron chi connectivity index (χ3n) is 8.87. The number of hydrogen-bond acceptors (Lipinski definition) is 6. The topological polar surface area (TPSA) is 116 Å². The molecule has 0 radical (unpaired) electrons. The van der Waals surface area contributed by atoms with E-state index in [1.54, 1.807) is 5.32 Å². The molecule has 11 heteroatoms. The van der Waals surface area contributed by atoms with Crippen LogP contribution in [0.5, 0.6) is 11.5 Å². The summed E-state index contributed by atoms with van der Waals surface area (Å²) in [4.78, 5) is 39.4. The van der Waals surface area contributed by atoms with E-state index in [1.807, 2.05) is 0 Å². The van der Waals surface area contributed by atoms with Gasteiger partial charge in [-0.05, 0) is 61.6 Å². The van der Waals surface area contributed by atoms with Crippen molar-refractivity contribution >= 4 is 17.8 Å². The maximum absolute atomic E-state index is 13.9. The number of carbonyl (C=O) groups is 3. The van der Waals surface area contributed by atoms with Crippen LogP contribution in [0.25, 0.3) is 0 Å². The second-order valence-electron chi connectivity index (χ2n) is 10.9. The first-order valence-electron chi connectivity index (χ1n) is 12.1. The predicted molar refractivity (Wildman–Crippen MR) is 121 cm³/mol. The first-order chi connectivity index (χ1) is 16.7. The Labute approximate surface area is 206 Å². The molecule has 3 aliphatic rings. The molecule has 0 spiro atoms. The van der Waals surface area contributed by atoms with E-state index < -0.39 is 47.5 Å². The van der Waals surface area contributed by atoms with Crippen molar-refractivity contribution < 1.29 is 42.5 Å². The van der Waals surface area contributed by atoms with Crippen molar-refractivity contribution in [2.75, 3.05) is 6.54 Å². The number of carbonyl (C=O) groups excluding carboxylic acids is 3. The number of rotatable bonds is 5. The summed E-state index contributed by atoms with van der Waals surface area (Å²) >= 11 is 0. The lowest BCUT2D eigenvalue weighted by Gasteiger charge is -2.39. The molecule has 1 saturated heterocycles. The van der Waals surface area contributed by atoms with Crippen LogP contribution in [0.4, 0.5) is 13.2 Å². The Morgan fingerprint density at radius 2 is 1.83 bits per heavy atom. The number of fused-ring (bicyclic) bond motifs is 2. The lowest BCUT2D eigenvalue weighted by atomic mass is 9.70. The Morgan fingerprint density at radius 3 is 2.39 bits per heavy atom. The summed E-state index contributed by atoms with van der Waals surface area (Å²) in [6.45, 7) is 6.30. The van der Waals surface area contributed by atoms with Gasteiger partial charge in [0.05, 0.1) is 0 Å². The van der Waals surface area contributed by atoms with Gasteiger partial charge in [-0.3, -0.25) is 9.59 Å². The molecule has 3 N–H and O–H groups in total. The molecule has 2 amide bonds. The van der Waals surface area contributed by atoms with Gasteiger partial charge in [-0.1, -0.05) is 20.8 Å². The fourth-order valence-corrected chi connectivity index (χ4v) is 6.13. The molecule has 2 bridgehead atoms. The number of benzene rings is 1. The van der Waals surface area contributed by atoms with Crippen molar-refractivity contribution in [1.82, 2.24) is 10.2 Å². The van der Waals surface area contributed by atoms with Crippen LogP contribution in [0.15, 0.2) is 18.2 Å². The first-order valence-corrected chi connectivity index (χ1v) is 12.1. The highest BCUT2D eigenvalue weighted by Gasteiger charge is 2.63. The molecular weight excluding hydrogens is 481 g/mol. The lowest BCUT2D eigenvalue weighted by Crippen LogP contribution is -2.58. The van der Waals surface area contributed by atoms with Crippen molar-refractivity contribution in [3.05, 3.63) is 23.8 Å². The minimum Gasteiger partial charge on any atom is -0.504 e. The second kappa shape index (κ2) is 8.85. The van der Waals surface area contributed by atoms with Crippen LogP contribution in [0, 0.1) is 16.7 Å². The SMILES string of the molecule is CC1(C)C2CCC1(C)C(OC(=O)C1CCCN1C(=O)C(NC(=O)c1ccc(O)c(O)c1)C(F)(F)F)C2. The highest BCUT2D eigenvalue weighted by Crippen LogP contribution is 2.66. The average Bonchev–Trinajstić information content (AvgIpc) is 3.41. The Morgan fingerprint density at radius 1 is 1.14 bits per heavy atom. The molecule has 3 fully saturated rings. The quantitative estimate of drug-likeness (QED) is 0.411. The maximum Gasteiger partial charge on any atom is 0.417 e. The van der Waals surface area contributed by atoms with E-state index in [2.05, 4.69) is 20.8 Å². The van der Waals surface area contributed by atoms with Gasteiger partial charge in [0.2, 0.25) is 6.04 Å². The van der Waals surface area contributed by atoms with Gasteiger partial charge in [-0.25, -0.2) is 4.79 Å². The van der Waals surface area contributed by atoms with E-state index in [-0.39, 0.29) is 35.5 Å². The van der Waals surface area contributed by atoms with Crippen molar-refractivity contribution in [1.29, 1.82) is 0 Å². The molecular formula is C25H31F3N2O6. The van der Waals surface area contributed by atoms with E-state index in [4.69, 9.17) is 4.74 Å². The largest absolute Gasteiger partial charge is 0.504 e. The third kappa shape index (κ3) is 4.26. The lowest BCUT2D eigenvalue weighted by molar-refractivity contribution is -0.179. The minimum atomic E-state index is -5.13. The molecule has 198 valence electrons. The fraction of sp³-hybridized carbons (Fsp3) is 0.640. The predicted octanol–water partition coefficient (Wildman–Crippen LogP) is 3.51. The molecule has 8 nitrogen and oxygen atoms in total. The van der Waals surface area contributed by atoms with E-state index in [1.165, 1.54) is 0 Å². The molecule has 4 rings (SSSR count). The highest BCUT2D eigenvalue weighted by molar-refractivity contribution is 5.99. The van der Waals surface area contributed by atoms with Gasteiger partial charge < -0.3 is 25.2 Å². The van der Waals surface area contributed by atoms with Gasteiger partial charge in [-0.15, -0.1) is 0 Å². The summed E-state index contributed by atoms with van der Waals surface area (Å²) in [5.74, 6) is -4.29. The summed E-state index contributed by atoms with van der Waals surface area (Å²) in [5.41, 5.74) is -0.645. The Kier molecular flexibility index (Phi) is 6.41. The smallest absolute Gasteiger partial charge is 0.417 e. The van der Waals surface area contributed by atoms with E-state index in [0.29, 0.717) is 18.8 Å². The Hall–Kier alpha value is -2.98. The molecule has 1 aromatic rings. The number of esters is 1. The monoisotopic (exact) mass is 512 g/mol. The molecule has 1 aromatic carbocycles. The van der Waals surface area contributed by atoms with Crippen molar-refractivity contribution in [3.63, 3.8) is 0 Å². The first kappa shape index (κ1) is 26.1. The van der Waals surface area contributed by atoms with E-state index >= 15 is 0 Å². The maximum atomic E-state index is 13.9. The van der Waals surface area contributed by atoms with Gasteiger partial charge in [0, 0.05) is 17.5 Å². The van der Waals surface area contributed by atoms with E-state index in [9.17, 15) is 37.8 Å². The van der Waals surface area contributed by atoms with Gasteiger partial charge >= 0.3 is 12.1 Å². The number of nitrogens with one attached hydrogen (secondary N) is 1. The molecule has 36 heavy (non-hydrogen) atoms. The van der Waals surface area contributed by atoms with Crippen molar-refractivity contribution in [2.45, 2.75) is 77.2 Å². The number of likely N-dealkylation sites (tertiary alicyclic amines) is 1. The third-order valence-corrected chi connectivity index (χ3v) is 8.87. The number of ether oxygens (including phenoxy) is 1. The normalized spacial score (nSPS) is 29.7. The summed E-state index contributed by atoms with van der Waals surface area (Å²) in [5, 5.41) is 20.6. The van der Waals surface area contributed by atoms with Gasteiger partial charge in [-0.2, -0.15) is 13.2 Å². The number of halogens is 3. The second-order valence-corrected chi connectivity index (χ2v) is 10.9. The Balaban J connectivity index is 1.49. The number of phenolic OH excluding ortho intramolecular Hbond substituents is 2. The van der Waals surface area contributed by atoms with Crippen molar-refractivity contribution in [2.24, 2.45) is 16.7 Å².